The van der Waals surface area contributed by atoms with Crippen molar-refractivity contribution in [1.82, 2.24) is 24.9 Å². The molecule has 2 aromatic carbocycles. The van der Waals surface area contributed by atoms with Crippen molar-refractivity contribution in [2.75, 3.05) is 26.7 Å². The Bertz CT molecular complexity index is 1330. The van der Waals surface area contributed by atoms with Crippen molar-refractivity contribution < 1.29 is 9.84 Å². The summed E-state index contributed by atoms with van der Waals surface area (Å²) in [5.41, 5.74) is 5.31. The maximum absolute atomic E-state index is 10.8. The first-order valence-electron chi connectivity index (χ1n) is 11.6. The Kier molecular flexibility index (Phi) is 5.52. The lowest BCUT2D eigenvalue weighted by atomic mass is 9.90. The molecule has 0 spiro atoms. The zero-order chi connectivity index (χ0) is 24.0. The highest BCUT2D eigenvalue weighted by molar-refractivity contribution is 5.90. The predicted molar refractivity (Wildman–Crippen MR) is 134 cm³/mol. The number of likely N-dealkylation sites (tertiary alicyclic amines) is 1. The minimum absolute atomic E-state index is 0.171. The van der Waals surface area contributed by atoms with Crippen LogP contribution in [0.1, 0.15) is 32.4 Å². The molecule has 0 aliphatic carbocycles. The molecule has 1 fully saturated rings. The third kappa shape index (κ3) is 4.35. The molecule has 176 valence electrons. The van der Waals surface area contributed by atoms with Gasteiger partial charge in [-0.25, -0.2) is 0 Å². The molecule has 1 N–H and O–H groups in total. The van der Waals surface area contributed by atoms with Crippen molar-refractivity contribution in [2.24, 2.45) is 12.5 Å². The van der Waals surface area contributed by atoms with Gasteiger partial charge in [-0.15, -0.1) is 0 Å². The number of hydrogen-bond donors (Lipinski definition) is 1. The van der Waals surface area contributed by atoms with Gasteiger partial charge in [0.05, 0.1) is 18.5 Å². The van der Waals surface area contributed by atoms with E-state index in [9.17, 15) is 5.11 Å². The molecular formula is C27H31N5O2. The zero-order valence-electron chi connectivity index (χ0n) is 20.4. The fourth-order valence-electron chi connectivity index (χ4n) is 4.73. The topological polar surface area (TPSA) is 76.3 Å². The quantitative estimate of drug-likeness (QED) is 0.461. The number of phenolic OH excluding ortho intramolecular Hbond substituents is 1. The second kappa shape index (κ2) is 8.40. The van der Waals surface area contributed by atoms with Crippen molar-refractivity contribution in [1.29, 1.82) is 0 Å². The summed E-state index contributed by atoms with van der Waals surface area (Å²) in [7, 11) is 3.53. The first kappa shape index (κ1) is 22.3. The van der Waals surface area contributed by atoms with Gasteiger partial charge in [-0.3, -0.25) is 4.68 Å². The number of rotatable bonds is 5. The van der Waals surface area contributed by atoms with E-state index in [2.05, 4.69) is 47.0 Å². The molecule has 0 atom stereocenters. The third-order valence-corrected chi connectivity index (χ3v) is 6.27. The minimum atomic E-state index is 0.171. The summed E-state index contributed by atoms with van der Waals surface area (Å²) in [6.45, 7) is 9.93. The van der Waals surface area contributed by atoms with E-state index in [-0.39, 0.29) is 5.75 Å². The molecule has 0 unspecified atom stereocenters. The van der Waals surface area contributed by atoms with Crippen LogP contribution in [0, 0.1) is 5.41 Å². The highest BCUT2D eigenvalue weighted by atomic mass is 16.5. The van der Waals surface area contributed by atoms with E-state index in [0.717, 1.165) is 47.4 Å². The average molecular weight is 458 g/mol. The first-order chi connectivity index (χ1) is 16.2. The normalized spacial score (nSPS) is 15.0. The van der Waals surface area contributed by atoms with E-state index < -0.39 is 0 Å². The van der Waals surface area contributed by atoms with Crippen LogP contribution in [0.3, 0.4) is 0 Å². The average Bonchev–Trinajstić information content (AvgIpc) is 3.15. The lowest BCUT2D eigenvalue weighted by molar-refractivity contribution is 0.0988. The van der Waals surface area contributed by atoms with Crippen molar-refractivity contribution >= 4 is 10.9 Å². The number of aromatic hydroxyl groups is 1. The molecule has 0 radical (unpaired) electrons. The second-order valence-electron chi connectivity index (χ2n) is 10.4. The van der Waals surface area contributed by atoms with Gasteiger partial charge >= 0.3 is 0 Å². The van der Waals surface area contributed by atoms with Gasteiger partial charge < -0.3 is 14.7 Å². The Balaban J connectivity index is 1.35. The van der Waals surface area contributed by atoms with Gasteiger partial charge in [-0.2, -0.15) is 15.3 Å². The Morgan fingerprint density at radius 1 is 1.03 bits per heavy atom. The summed E-state index contributed by atoms with van der Waals surface area (Å²) in [6, 6.07) is 13.6. The van der Waals surface area contributed by atoms with Gasteiger partial charge in [0.1, 0.15) is 17.0 Å². The van der Waals surface area contributed by atoms with Gasteiger partial charge in [0, 0.05) is 49.7 Å². The van der Waals surface area contributed by atoms with Crippen LogP contribution in [-0.4, -0.2) is 56.7 Å². The zero-order valence-corrected chi connectivity index (χ0v) is 20.4. The van der Waals surface area contributed by atoms with E-state index in [1.807, 2.05) is 43.6 Å². The summed E-state index contributed by atoms with van der Waals surface area (Å²) >= 11 is 0. The lowest BCUT2D eigenvalue weighted by Gasteiger charge is -2.42. The molecule has 1 aliphatic rings. The Morgan fingerprint density at radius 2 is 1.82 bits per heavy atom. The fraction of sp³-hybridized carbons (Fsp3) is 0.370. The van der Waals surface area contributed by atoms with Gasteiger partial charge in [-0.05, 0) is 52.9 Å². The van der Waals surface area contributed by atoms with Gasteiger partial charge in [0.25, 0.3) is 0 Å². The molecule has 0 bridgehead atoms. The molecule has 0 saturated carbocycles. The SMILES string of the molecule is COc1cc(-c2ccc(-c3ccc(C4CN(CC(C)(C)C)C4)nn3)c(O)c2)cc2cn(C)nc12. The van der Waals surface area contributed by atoms with Crippen LogP contribution in [0.25, 0.3) is 33.3 Å². The van der Waals surface area contributed by atoms with E-state index in [4.69, 9.17) is 4.74 Å². The second-order valence-corrected chi connectivity index (χ2v) is 10.4. The molecule has 1 aliphatic heterocycles. The first-order valence-corrected chi connectivity index (χ1v) is 11.6. The number of fused-ring (bicyclic) bond motifs is 1. The fourth-order valence-corrected chi connectivity index (χ4v) is 4.73. The number of nitrogens with zero attached hydrogens (tertiary/aromatic N) is 5. The number of hydrogen-bond acceptors (Lipinski definition) is 6. The molecule has 7 heteroatoms. The minimum Gasteiger partial charge on any atom is -0.507 e. The molecule has 3 heterocycles. The van der Waals surface area contributed by atoms with Crippen LogP contribution < -0.4 is 4.74 Å². The van der Waals surface area contributed by atoms with Crippen molar-refractivity contribution in [2.45, 2.75) is 26.7 Å². The summed E-state index contributed by atoms with van der Waals surface area (Å²) in [5, 5.41) is 25.2. The third-order valence-electron chi connectivity index (χ3n) is 6.27. The molecule has 2 aromatic heterocycles. The predicted octanol–water partition coefficient (Wildman–Crippen LogP) is 4.86. The highest BCUT2D eigenvalue weighted by Crippen LogP contribution is 2.36. The molecule has 1 saturated heterocycles. The van der Waals surface area contributed by atoms with Gasteiger partial charge in [0.2, 0.25) is 0 Å². The molecule has 4 aromatic rings. The van der Waals surface area contributed by atoms with E-state index in [1.165, 1.54) is 0 Å². The van der Waals surface area contributed by atoms with Crippen LogP contribution >= 0.6 is 0 Å². The molecule has 5 rings (SSSR count). The molecule has 0 amide bonds. The van der Waals surface area contributed by atoms with Crippen LogP contribution in [0.4, 0.5) is 0 Å². The number of aryl methyl sites for hydroxylation is 1. The van der Waals surface area contributed by atoms with Crippen molar-refractivity contribution in [3.63, 3.8) is 0 Å². The summed E-state index contributed by atoms with van der Waals surface area (Å²) in [4.78, 5) is 2.46. The maximum Gasteiger partial charge on any atom is 0.147 e. The highest BCUT2D eigenvalue weighted by Gasteiger charge is 2.31. The Labute approximate surface area is 200 Å². The van der Waals surface area contributed by atoms with Gasteiger partial charge in [0.15, 0.2) is 0 Å². The van der Waals surface area contributed by atoms with Crippen LogP contribution in [0.15, 0.2) is 48.7 Å². The monoisotopic (exact) mass is 457 g/mol. The van der Waals surface area contributed by atoms with Crippen LogP contribution in [0.5, 0.6) is 11.5 Å². The van der Waals surface area contributed by atoms with Crippen LogP contribution in [0.2, 0.25) is 0 Å². The smallest absolute Gasteiger partial charge is 0.147 e. The van der Waals surface area contributed by atoms with Crippen LogP contribution in [-0.2, 0) is 7.05 Å². The number of phenols is 1. The summed E-state index contributed by atoms with van der Waals surface area (Å²) < 4.78 is 7.31. The largest absolute Gasteiger partial charge is 0.507 e. The summed E-state index contributed by atoms with van der Waals surface area (Å²) in [6.07, 6.45) is 1.96. The molecular weight excluding hydrogens is 426 g/mol. The lowest BCUT2D eigenvalue weighted by Crippen LogP contribution is -2.48. The Hall–Kier alpha value is -3.45. The Morgan fingerprint density at radius 3 is 2.47 bits per heavy atom. The molecule has 34 heavy (non-hydrogen) atoms. The van der Waals surface area contributed by atoms with Crippen molar-refractivity contribution in [3.05, 3.63) is 54.4 Å². The number of methoxy groups -OCH3 is 1. The standard InChI is InChI=1S/C27H31N5O2/c1-27(2,3)16-32-14-20(15-32)22-8-9-23(29-28-22)21-7-6-17(11-24(21)33)18-10-19-13-31(4)30-26(19)25(12-18)34-5/h6-13,20,33H,14-16H2,1-5H3. The number of aromatic nitrogens is 4. The number of benzene rings is 2. The van der Waals surface area contributed by atoms with Gasteiger partial charge in [-0.1, -0.05) is 26.8 Å². The van der Waals surface area contributed by atoms with E-state index >= 15 is 0 Å². The van der Waals surface area contributed by atoms with Crippen molar-refractivity contribution in [3.8, 4) is 33.9 Å². The number of ether oxygens (including phenoxy) is 1. The maximum atomic E-state index is 10.8. The van der Waals surface area contributed by atoms with E-state index in [1.54, 1.807) is 17.9 Å². The molecule has 7 nitrogen and oxygen atoms in total. The summed E-state index contributed by atoms with van der Waals surface area (Å²) in [5.74, 6) is 1.30. The van der Waals surface area contributed by atoms with E-state index in [0.29, 0.717) is 28.3 Å².